The smallest absolute Gasteiger partial charge is 0.155 e. The Labute approximate surface area is 130 Å². The van der Waals surface area contributed by atoms with Gasteiger partial charge in [0.2, 0.25) is 0 Å². The highest BCUT2D eigenvalue weighted by Gasteiger charge is 2.13. The van der Waals surface area contributed by atoms with E-state index in [-0.39, 0.29) is 0 Å². The molecule has 1 atom stereocenters. The second kappa shape index (κ2) is 5.86. The summed E-state index contributed by atoms with van der Waals surface area (Å²) < 4.78 is 2.04. The van der Waals surface area contributed by atoms with Crippen molar-refractivity contribution in [2.45, 2.75) is 22.3 Å². The van der Waals surface area contributed by atoms with Crippen molar-refractivity contribution in [3.8, 4) is 6.07 Å². The highest BCUT2D eigenvalue weighted by Crippen LogP contribution is 2.37. The van der Waals surface area contributed by atoms with Crippen LogP contribution in [0.15, 0.2) is 51.7 Å². The van der Waals surface area contributed by atoms with E-state index in [1.807, 2.05) is 24.3 Å². The first-order valence-corrected chi connectivity index (χ1v) is 8.06. The van der Waals surface area contributed by atoms with Crippen LogP contribution >= 0.6 is 23.1 Å². The van der Waals surface area contributed by atoms with Gasteiger partial charge in [-0.25, -0.2) is 4.98 Å². The lowest BCUT2D eigenvalue weighted by atomic mass is 10.1. The summed E-state index contributed by atoms with van der Waals surface area (Å²) in [5, 5.41) is 18.9. The molecule has 0 radical (unpaired) electrons. The van der Waals surface area contributed by atoms with Crippen LogP contribution in [0.2, 0.25) is 0 Å². The first-order chi connectivity index (χ1) is 10.2. The number of benzene rings is 2. The van der Waals surface area contributed by atoms with Crippen molar-refractivity contribution in [2.24, 2.45) is 0 Å². The van der Waals surface area contributed by atoms with Crippen molar-refractivity contribution in [1.82, 2.24) is 4.98 Å². The largest absolute Gasteiger partial charge is 0.389 e. The van der Waals surface area contributed by atoms with Crippen LogP contribution in [0.3, 0.4) is 0 Å². The molecule has 0 spiro atoms. The Hall–Kier alpha value is -1.87. The van der Waals surface area contributed by atoms with Gasteiger partial charge in [0.25, 0.3) is 0 Å². The molecular weight excluding hydrogens is 300 g/mol. The number of nitrogens with zero attached hydrogens (tertiary/aromatic N) is 2. The minimum atomic E-state index is -0.574. The molecule has 104 valence electrons. The van der Waals surface area contributed by atoms with Gasteiger partial charge in [-0.15, -0.1) is 11.3 Å². The molecule has 0 saturated heterocycles. The number of aliphatic hydroxyl groups excluding tert-OH is 1. The van der Waals surface area contributed by atoms with Gasteiger partial charge < -0.3 is 5.11 Å². The molecule has 0 aliphatic rings. The molecule has 0 amide bonds. The van der Waals surface area contributed by atoms with E-state index < -0.39 is 6.10 Å². The zero-order valence-electron chi connectivity index (χ0n) is 11.3. The van der Waals surface area contributed by atoms with E-state index >= 15 is 0 Å². The number of para-hydroxylation sites is 1. The van der Waals surface area contributed by atoms with Crippen LogP contribution in [0, 0.1) is 11.3 Å². The zero-order chi connectivity index (χ0) is 14.8. The number of hydrogen-bond donors (Lipinski definition) is 1. The minimum absolute atomic E-state index is 0.574. The van der Waals surface area contributed by atoms with Gasteiger partial charge in [0, 0.05) is 4.90 Å². The average molecular weight is 312 g/mol. The van der Waals surface area contributed by atoms with Crippen molar-refractivity contribution in [2.75, 3.05) is 0 Å². The Morgan fingerprint density at radius 3 is 2.81 bits per heavy atom. The summed E-state index contributed by atoms with van der Waals surface area (Å²) in [4.78, 5) is 5.46. The van der Waals surface area contributed by atoms with E-state index in [4.69, 9.17) is 5.26 Å². The fourth-order valence-electron chi connectivity index (χ4n) is 2.03. The molecule has 3 rings (SSSR count). The molecule has 1 aromatic heterocycles. The van der Waals surface area contributed by atoms with Gasteiger partial charge in [0.05, 0.1) is 28.0 Å². The number of hydrogen-bond acceptors (Lipinski definition) is 5. The average Bonchev–Trinajstić information content (AvgIpc) is 2.89. The lowest BCUT2D eigenvalue weighted by molar-refractivity contribution is 0.196. The third-order valence-electron chi connectivity index (χ3n) is 3.06. The van der Waals surface area contributed by atoms with E-state index in [2.05, 4.69) is 11.1 Å². The maximum Gasteiger partial charge on any atom is 0.155 e. The highest BCUT2D eigenvalue weighted by molar-refractivity contribution is 8.01. The maximum absolute atomic E-state index is 9.87. The van der Waals surface area contributed by atoms with Crippen molar-refractivity contribution in [3.63, 3.8) is 0 Å². The Bertz CT molecular complexity index is 801. The molecule has 21 heavy (non-hydrogen) atoms. The summed E-state index contributed by atoms with van der Waals surface area (Å²) >= 11 is 3.11. The van der Waals surface area contributed by atoms with Crippen LogP contribution in [0.1, 0.15) is 24.2 Å². The number of nitriles is 1. The lowest BCUT2D eigenvalue weighted by Crippen LogP contribution is -1.94. The van der Waals surface area contributed by atoms with Gasteiger partial charge >= 0.3 is 0 Å². The molecule has 3 aromatic rings. The Morgan fingerprint density at radius 1 is 1.29 bits per heavy atom. The summed E-state index contributed by atoms with van der Waals surface area (Å²) in [6.45, 7) is 1.73. The molecule has 0 fully saturated rings. The van der Waals surface area contributed by atoms with E-state index in [0.29, 0.717) is 5.56 Å². The number of rotatable bonds is 3. The number of thiazole rings is 1. The fraction of sp³-hybridized carbons (Fsp3) is 0.125. The molecule has 2 aromatic carbocycles. The van der Waals surface area contributed by atoms with Crippen LogP contribution in [0.5, 0.6) is 0 Å². The summed E-state index contributed by atoms with van der Waals surface area (Å²) in [7, 11) is 0. The van der Waals surface area contributed by atoms with Crippen molar-refractivity contribution in [3.05, 3.63) is 53.6 Å². The number of aliphatic hydroxyl groups is 1. The molecule has 0 bridgehead atoms. The summed E-state index contributed by atoms with van der Waals surface area (Å²) in [5.41, 5.74) is 2.38. The predicted octanol–water partition coefficient (Wildman–Crippen LogP) is 4.37. The Kier molecular flexibility index (Phi) is 3.93. The van der Waals surface area contributed by atoms with Crippen LogP contribution < -0.4 is 0 Å². The molecule has 0 aliphatic carbocycles. The van der Waals surface area contributed by atoms with Gasteiger partial charge in [-0.2, -0.15) is 5.26 Å². The van der Waals surface area contributed by atoms with E-state index in [0.717, 1.165) is 25.0 Å². The van der Waals surface area contributed by atoms with Crippen LogP contribution in [-0.2, 0) is 0 Å². The molecule has 0 unspecified atom stereocenters. The third-order valence-corrected chi connectivity index (χ3v) is 5.23. The number of fused-ring (bicyclic) bond motifs is 1. The fourth-order valence-corrected chi connectivity index (χ4v) is 4.30. The second-order valence-electron chi connectivity index (χ2n) is 4.59. The van der Waals surface area contributed by atoms with Gasteiger partial charge in [-0.1, -0.05) is 30.0 Å². The molecule has 0 saturated carbocycles. The Balaban J connectivity index is 2.01. The maximum atomic E-state index is 9.87. The Morgan fingerprint density at radius 2 is 2.10 bits per heavy atom. The molecule has 5 heteroatoms. The van der Waals surface area contributed by atoms with Gasteiger partial charge in [-0.3, -0.25) is 0 Å². The van der Waals surface area contributed by atoms with Crippen LogP contribution in [-0.4, -0.2) is 10.1 Å². The van der Waals surface area contributed by atoms with Gasteiger partial charge in [0.1, 0.15) is 0 Å². The second-order valence-corrected chi connectivity index (χ2v) is 6.91. The van der Waals surface area contributed by atoms with Gasteiger partial charge in [0.15, 0.2) is 4.34 Å². The van der Waals surface area contributed by atoms with Crippen molar-refractivity contribution < 1.29 is 5.11 Å². The first-order valence-electron chi connectivity index (χ1n) is 6.43. The minimum Gasteiger partial charge on any atom is -0.389 e. The van der Waals surface area contributed by atoms with Gasteiger partial charge in [-0.05, 0) is 36.8 Å². The molecule has 1 heterocycles. The number of aromatic nitrogens is 1. The molecular formula is C16H12N2OS2. The van der Waals surface area contributed by atoms with E-state index in [1.165, 1.54) is 11.8 Å². The normalized spacial score (nSPS) is 12.2. The van der Waals surface area contributed by atoms with E-state index in [9.17, 15) is 5.11 Å². The predicted molar refractivity (Wildman–Crippen MR) is 85.5 cm³/mol. The quantitative estimate of drug-likeness (QED) is 0.780. The monoisotopic (exact) mass is 312 g/mol. The molecule has 3 nitrogen and oxygen atoms in total. The van der Waals surface area contributed by atoms with Crippen LogP contribution in [0.4, 0.5) is 0 Å². The topological polar surface area (TPSA) is 56.9 Å². The zero-order valence-corrected chi connectivity index (χ0v) is 12.9. The van der Waals surface area contributed by atoms with Crippen LogP contribution in [0.25, 0.3) is 10.2 Å². The standard InChI is InChI=1S/C16H12N2OS2/c1-10(19)12-7-6-11(9-17)8-15(12)21-16-18-13-4-2-3-5-14(13)20-16/h2-8,10,19H,1H3/t10-/m1/s1. The third kappa shape index (κ3) is 2.93. The lowest BCUT2D eigenvalue weighted by Gasteiger charge is -2.10. The molecule has 1 N–H and O–H groups in total. The summed E-state index contributed by atoms with van der Waals surface area (Å²) in [5.74, 6) is 0. The van der Waals surface area contributed by atoms with Crippen molar-refractivity contribution >= 4 is 33.3 Å². The van der Waals surface area contributed by atoms with Crippen molar-refractivity contribution in [1.29, 1.82) is 5.26 Å². The summed E-state index contributed by atoms with van der Waals surface area (Å²) in [6, 6.07) is 15.5. The molecule has 0 aliphatic heterocycles. The highest BCUT2D eigenvalue weighted by atomic mass is 32.2. The summed E-state index contributed by atoms with van der Waals surface area (Å²) in [6.07, 6.45) is -0.574. The van der Waals surface area contributed by atoms with E-state index in [1.54, 1.807) is 36.5 Å². The SMILES string of the molecule is C[C@@H](O)c1ccc(C#N)cc1Sc1nc2ccccc2s1. The first kappa shape index (κ1) is 14.1.